The number of ketones is 3. The highest BCUT2D eigenvalue weighted by Crippen LogP contribution is 2.36. The number of Topliss-reactive ketones (excluding diaryl/α,β-unsaturated/α-hetero) is 3. The Morgan fingerprint density at radius 2 is 1.47 bits per heavy atom. The van der Waals surface area contributed by atoms with E-state index in [1.165, 1.54) is 68.5 Å². The second-order valence-corrected chi connectivity index (χ2v) is 29.5. The summed E-state index contributed by atoms with van der Waals surface area (Å²) in [5.74, 6) is -15.1. The molecule has 1 aromatic heterocycles. The van der Waals surface area contributed by atoms with E-state index in [1.54, 1.807) is 61.5 Å². The van der Waals surface area contributed by atoms with Crippen molar-refractivity contribution in [3.05, 3.63) is 137 Å². The fourth-order valence-electron chi connectivity index (χ4n) is 14.5. The van der Waals surface area contributed by atoms with Gasteiger partial charge < -0.3 is 72.7 Å². The molecule has 5 aromatic rings. The van der Waals surface area contributed by atoms with Crippen LogP contribution in [0.5, 0.6) is 11.5 Å². The second kappa shape index (κ2) is 36.7. The molecule has 0 radical (unpaired) electrons. The zero-order chi connectivity index (χ0) is 79.2. The number of carbonyl (C=O) groups is 12. The molecule has 2 saturated heterocycles. The predicted octanol–water partition coefficient (Wildman–Crippen LogP) is 4.64. The van der Waals surface area contributed by atoms with Crippen LogP contribution in [0.1, 0.15) is 133 Å². The Bertz CT molecular complexity index is 4240. The largest absolute Gasteiger partial charge is 0.497 e. The van der Waals surface area contributed by atoms with E-state index < -0.39 is 205 Å². The zero-order valence-corrected chi connectivity index (χ0v) is 62.0. The highest BCUT2D eigenvalue weighted by atomic mass is 19.1. The van der Waals surface area contributed by atoms with Crippen molar-refractivity contribution >= 4 is 87.0 Å². The number of halogens is 4. The van der Waals surface area contributed by atoms with Crippen molar-refractivity contribution in [2.75, 3.05) is 39.9 Å². The first-order valence-electron chi connectivity index (χ1n) is 36.8. The van der Waals surface area contributed by atoms with Crippen LogP contribution in [0.25, 0.3) is 16.5 Å². The minimum Gasteiger partial charge on any atom is -0.497 e. The van der Waals surface area contributed by atoms with Gasteiger partial charge in [0.05, 0.1) is 50.3 Å². The molecular weight excluding hydrogens is 1420 g/mol. The van der Waals surface area contributed by atoms with Gasteiger partial charge in [0.25, 0.3) is 5.91 Å². The molecule has 26 nitrogen and oxygen atoms in total. The molecule has 5 heterocycles. The number of hydrogen-bond donors (Lipinski definition) is 10. The van der Waals surface area contributed by atoms with Crippen molar-refractivity contribution in [3.63, 3.8) is 0 Å². The number of aliphatic hydroxyl groups excluding tert-OH is 1. The fraction of sp³-hybridized carbons (Fsp3) is 0.494. The average molecular weight is 1520 g/mol. The summed E-state index contributed by atoms with van der Waals surface area (Å²) in [4.78, 5) is 180. The Morgan fingerprint density at radius 3 is 2.16 bits per heavy atom. The summed E-state index contributed by atoms with van der Waals surface area (Å²) in [6, 6.07) is 10.8. The van der Waals surface area contributed by atoms with Gasteiger partial charge in [-0.25, -0.2) is 17.6 Å². The standard InChI is InChI=1S/C79H97F4N11O15/c1-43-65(96)35-51(32-52-41-87-60-24-19-54(81)38-59(52)60)72(102)89-63(33-48-16-15-47-17-18-53(80)37-58(47)48)75(105)93-42-55(82)39-64(93)73(103)92-69(44(2)95)74(104)90-62(31-46-11-20-56(108-6)21-12-46)76(106)94-28-9-25-79(94,5)67(98)36-50(70(85)100)30-45-13-22-57(23-14-45)109-29-27-86-68(99)40-61(91-77(107)78(3,4)83)66(97)34-49(71(101)88-43)10-7-8-26-84/h11-14,16-24,37-38,41,43-44,49-51,55,61-64,69,87,95H,7-10,15,25-36,39-40,42,84H2,1-6H3,(H2,85,100)(H,86,99)(H,88,101)(H,89,102)(H,90,104)(H,91,107)(H,92,103)/t43-,44-,49-,50-,51-,55+,61+,62+,63+,64+,69+,79+/m1/s1. The zero-order valence-electron chi connectivity index (χ0n) is 62.0. The molecule has 109 heavy (non-hydrogen) atoms. The number of unbranched alkanes of at least 4 members (excludes halogenated alkanes) is 1. The number of nitrogens with one attached hydrogen (secondary N) is 7. The highest BCUT2D eigenvalue weighted by Gasteiger charge is 2.50. The first-order valence-corrected chi connectivity index (χ1v) is 36.8. The Morgan fingerprint density at radius 1 is 0.789 bits per heavy atom. The summed E-state index contributed by atoms with van der Waals surface area (Å²) >= 11 is 0. The third-order valence-corrected chi connectivity index (χ3v) is 20.9. The number of primary amides is 1. The van der Waals surface area contributed by atoms with E-state index in [2.05, 4.69) is 36.9 Å². The van der Waals surface area contributed by atoms with E-state index in [0.29, 0.717) is 68.6 Å². The number of H-pyrrole nitrogens is 1. The number of allylic oxidation sites excluding steroid dienone is 1. The Labute approximate surface area is 628 Å². The third-order valence-electron chi connectivity index (χ3n) is 20.9. The van der Waals surface area contributed by atoms with E-state index in [4.69, 9.17) is 20.9 Å². The van der Waals surface area contributed by atoms with E-state index in [9.17, 15) is 48.3 Å². The highest BCUT2D eigenvalue weighted by molar-refractivity contribution is 6.02. The summed E-state index contributed by atoms with van der Waals surface area (Å²) in [5.41, 5.74) is 10.9. The number of aromatic amines is 1. The number of amides is 9. The van der Waals surface area contributed by atoms with Crippen LogP contribution >= 0.6 is 0 Å². The van der Waals surface area contributed by atoms with Crippen LogP contribution in [-0.2, 0) is 83.2 Å². The van der Waals surface area contributed by atoms with Crippen LogP contribution in [0, 0.1) is 29.4 Å². The number of nitrogens with two attached hydrogens (primary N) is 2. The number of aliphatic hydroxyl groups is 1. The third kappa shape index (κ3) is 21.3. The number of ether oxygens (including phenoxy) is 2. The monoisotopic (exact) mass is 1520 g/mol. The molecule has 2 fully saturated rings. The molecule has 12 N–H and O–H groups in total. The van der Waals surface area contributed by atoms with Crippen molar-refractivity contribution in [2.24, 2.45) is 29.2 Å². The lowest BCUT2D eigenvalue weighted by Gasteiger charge is -2.37. The van der Waals surface area contributed by atoms with Crippen LogP contribution in [0.4, 0.5) is 17.6 Å². The van der Waals surface area contributed by atoms with E-state index in [0.717, 1.165) is 18.7 Å². The maximum Gasteiger partial charge on any atom is 0.257 e. The predicted molar refractivity (Wildman–Crippen MR) is 393 cm³/mol. The Hall–Kier alpha value is -10.4. The Balaban J connectivity index is 1.07. The number of nitrogens with zero attached hydrogens (tertiary/aromatic N) is 2. The van der Waals surface area contributed by atoms with Crippen molar-refractivity contribution in [1.82, 2.24) is 46.7 Å². The molecule has 12 atom stereocenters. The molecule has 4 aromatic carbocycles. The topological polar surface area (TPSA) is 390 Å². The van der Waals surface area contributed by atoms with Gasteiger partial charge in [0.1, 0.15) is 60.1 Å². The minimum absolute atomic E-state index is 0.00185. The first-order chi connectivity index (χ1) is 51.7. The van der Waals surface area contributed by atoms with E-state index in [1.807, 2.05) is 0 Å². The van der Waals surface area contributed by atoms with E-state index in [-0.39, 0.29) is 71.2 Å². The lowest BCUT2D eigenvalue weighted by molar-refractivity contribution is -0.147. The van der Waals surface area contributed by atoms with Crippen LogP contribution in [-0.4, -0.2) is 190 Å². The normalized spacial score (nSPS) is 25.6. The molecular formula is C79H97F4N11O15. The molecule has 9 amide bonds. The first kappa shape index (κ1) is 82.7. The van der Waals surface area contributed by atoms with Crippen molar-refractivity contribution in [1.29, 1.82) is 0 Å². The maximum atomic E-state index is 16.3. The van der Waals surface area contributed by atoms with Gasteiger partial charge in [0.2, 0.25) is 47.3 Å². The smallest absolute Gasteiger partial charge is 0.257 e. The number of rotatable bonds is 15. The van der Waals surface area contributed by atoms with Gasteiger partial charge in [0.15, 0.2) is 23.0 Å². The fourth-order valence-corrected chi connectivity index (χ4v) is 14.5. The van der Waals surface area contributed by atoms with Gasteiger partial charge in [-0.2, -0.15) is 0 Å². The number of aromatic nitrogens is 1. The molecule has 10 rings (SSSR count). The number of benzene rings is 4. The average Bonchev–Trinajstić information content (AvgIpc) is 1.68. The summed E-state index contributed by atoms with van der Waals surface area (Å²) in [6.07, 6.45) is -3.14. The van der Waals surface area contributed by atoms with Crippen molar-refractivity contribution in [2.45, 2.75) is 191 Å². The number of hydrogen-bond acceptors (Lipinski definition) is 16. The van der Waals surface area contributed by atoms with Gasteiger partial charge >= 0.3 is 0 Å². The molecule has 0 unspecified atom stereocenters. The lowest BCUT2D eigenvalue weighted by Crippen LogP contribution is -2.62. The minimum atomic E-state index is -2.54. The van der Waals surface area contributed by atoms with Crippen LogP contribution in [0.2, 0.25) is 0 Å². The molecule has 30 heteroatoms. The van der Waals surface area contributed by atoms with Gasteiger partial charge in [-0.3, -0.25) is 57.5 Å². The van der Waals surface area contributed by atoms with Crippen molar-refractivity contribution < 1.29 is 89.7 Å². The van der Waals surface area contributed by atoms with Gasteiger partial charge in [-0.15, -0.1) is 0 Å². The lowest BCUT2D eigenvalue weighted by atomic mass is 9.84. The second-order valence-electron chi connectivity index (χ2n) is 29.5. The summed E-state index contributed by atoms with van der Waals surface area (Å²) in [6.45, 7) is 5.12. The molecule has 0 saturated carbocycles. The summed E-state index contributed by atoms with van der Waals surface area (Å²) in [5, 5.41) is 27.2. The van der Waals surface area contributed by atoms with Gasteiger partial charge in [-0.05, 0) is 174 Å². The SMILES string of the molecule is COc1ccc(C[C@@H]2NC(=O)[C@H]([C@@H](C)O)NC(=O)[C@@H]3C[C@H](F)CN3C(=O)[C@H](CC3=CCc4ccc(F)cc43)NC(=O)[C@H](Cc3c[nH]c4ccc(F)cc34)CC(=O)[C@@H](C)NC(=O)[C@H](CCCCN)CC(=O)[C@@H](NC(=O)C(C)(C)F)CC(=O)NCCOc3ccc(cc3)C[C@@H](C(N)=O)CC(=O)[C@]3(C)CCCN3C2=O)cc1. The summed E-state index contributed by atoms with van der Waals surface area (Å²) in [7, 11) is 1.45. The van der Waals surface area contributed by atoms with Crippen molar-refractivity contribution in [3.8, 4) is 11.5 Å². The van der Waals surface area contributed by atoms with E-state index >= 15 is 31.9 Å². The molecule has 2 bridgehead atoms. The molecule has 1 aliphatic carbocycles. The number of methoxy groups -OCH3 is 1. The molecule has 0 spiro atoms. The Kier molecular flexibility index (Phi) is 27.8. The molecule has 5 aliphatic rings. The number of alkyl halides is 2. The summed E-state index contributed by atoms with van der Waals surface area (Å²) < 4.78 is 72.8. The van der Waals surface area contributed by atoms with Crippen LogP contribution in [0.15, 0.2) is 97.2 Å². The number of carbonyl (C=O) groups excluding carboxylic acids is 12. The maximum absolute atomic E-state index is 16.3. The van der Waals surface area contributed by atoms with Crippen LogP contribution in [0.3, 0.4) is 0 Å². The van der Waals surface area contributed by atoms with Crippen LogP contribution < -0.4 is 52.8 Å². The quantitative estimate of drug-likeness (QED) is 0.0504. The van der Waals surface area contributed by atoms with Gasteiger partial charge in [-0.1, -0.05) is 42.8 Å². The van der Waals surface area contributed by atoms with Gasteiger partial charge in [0, 0.05) is 79.9 Å². The number of fused-ring (bicyclic) bond motifs is 32. The molecule has 586 valence electrons. The molecule has 4 aliphatic heterocycles.